The fourth-order valence-electron chi connectivity index (χ4n) is 5.04. The molecule has 0 aliphatic heterocycles. The molecule has 210 valence electrons. The van der Waals surface area contributed by atoms with E-state index in [2.05, 4.69) is 15.6 Å². The second-order valence-electron chi connectivity index (χ2n) is 9.58. The number of rotatable bonds is 6. The molecule has 0 saturated carbocycles. The lowest BCUT2D eigenvalue weighted by atomic mass is 10.0. The molecule has 11 heteroatoms. The topological polar surface area (TPSA) is 111 Å². The maximum absolute atomic E-state index is 14.2. The lowest BCUT2D eigenvalue weighted by molar-refractivity contribution is 0.0956. The third kappa shape index (κ3) is 4.79. The molecule has 41 heavy (non-hydrogen) atoms. The van der Waals surface area contributed by atoms with Crippen LogP contribution in [0.1, 0.15) is 39.2 Å². The van der Waals surface area contributed by atoms with Crippen molar-refractivity contribution in [3.05, 3.63) is 93.2 Å². The molecule has 2 aromatic carbocycles. The molecular weight excluding hydrogens is 532 g/mol. The SMILES string of the molecule is CCn1c(-c2ccc(-c3c(C)on(C)c3=O)cc2)cc2cc(C)nc(C(=O)Nc3cc(F)c(F)c(C(=O)NC)c3)c21. The van der Waals surface area contributed by atoms with Crippen LogP contribution in [0.2, 0.25) is 0 Å². The first-order valence-corrected chi connectivity index (χ1v) is 12.8. The molecule has 2 amide bonds. The molecule has 3 heterocycles. The van der Waals surface area contributed by atoms with Gasteiger partial charge in [-0.2, -0.15) is 4.74 Å². The number of fused-ring (bicyclic) bond motifs is 1. The number of nitrogens with zero attached hydrogens (tertiary/aromatic N) is 3. The van der Waals surface area contributed by atoms with E-state index < -0.39 is 29.0 Å². The van der Waals surface area contributed by atoms with Crippen molar-refractivity contribution in [3.8, 4) is 22.4 Å². The van der Waals surface area contributed by atoms with Crippen LogP contribution in [0.3, 0.4) is 0 Å². The number of aromatic nitrogens is 3. The number of amides is 2. The van der Waals surface area contributed by atoms with Crippen molar-refractivity contribution in [3.63, 3.8) is 0 Å². The summed E-state index contributed by atoms with van der Waals surface area (Å²) in [5, 5.41) is 5.58. The van der Waals surface area contributed by atoms with Crippen molar-refractivity contribution in [1.82, 2.24) is 19.6 Å². The number of nitrogens with one attached hydrogen (secondary N) is 2. The van der Waals surface area contributed by atoms with E-state index in [1.165, 1.54) is 11.8 Å². The molecule has 0 saturated heterocycles. The summed E-state index contributed by atoms with van der Waals surface area (Å²) in [4.78, 5) is 42.4. The zero-order valence-electron chi connectivity index (χ0n) is 23.1. The molecule has 0 aliphatic carbocycles. The van der Waals surface area contributed by atoms with E-state index in [0.29, 0.717) is 29.1 Å². The molecule has 0 fully saturated rings. The van der Waals surface area contributed by atoms with Gasteiger partial charge in [0.05, 0.1) is 16.6 Å². The standard InChI is InChI=1S/C30H27F2N5O4/c1-6-37-23(17-7-9-18(10-8-17)24-16(3)41-36(5)30(24)40)12-19-11-15(2)34-26(27(19)37)29(39)35-20-13-21(28(38)33-4)25(32)22(31)14-20/h7-14H,6H2,1-5H3,(H,33,38)(H,35,39). The quantitative estimate of drug-likeness (QED) is 0.298. The minimum Gasteiger partial charge on any atom is -0.381 e. The summed E-state index contributed by atoms with van der Waals surface area (Å²) in [6.45, 7) is 5.92. The van der Waals surface area contributed by atoms with Gasteiger partial charge in [-0.25, -0.2) is 13.8 Å². The number of halogens is 2. The minimum atomic E-state index is -1.31. The van der Waals surface area contributed by atoms with E-state index in [9.17, 15) is 23.2 Å². The van der Waals surface area contributed by atoms with Crippen molar-refractivity contribution in [1.29, 1.82) is 0 Å². The number of carbonyl (C=O) groups is 2. The molecule has 5 rings (SSSR count). The fourth-order valence-corrected chi connectivity index (χ4v) is 5.04. The molecule has 0 spiro atoms. The number of hydrogen-bond donors (Lipinski definition) is 2. The smallest absolute Gasteiger partial charge is 0.290 e. The molecule has 5 aromatic rings. The molecule has 0 unspecified atom stereocenters. The number of hydrogen-bond acceptors (Lipinski definition) is 5. The third-order valence-electron chi connectivity index (χ3n) is 6.89. The highest BCUT2D eigenvalue weighted by atomic mass is 19.2. The fraction of sp³-hybridized carbons (Fsp3) is 0.200. The monoisotopic (exact) mass is 559 g/mol. The van der Waals surface area contributed by atoms with Gasteiger partial charge >= 0.3 is 0 Å². The largest absolute Gasteiger partial charge is 0.381 e. The maximum Gasteiger partial charge on any atom is 0.290 e. The van der Waals surface area contributed by atoms with Gasteiger partial charge in [0.15, 0.2) is 17.3 Å². The molecule has 2 N–H and O–H groups in total. The van der Waals surface area contributed by atoms with Gasteiger partial charge in [0.1, 0.15) is 5.76 Å². The summed E-state index contributed by atoms with van der Waals surface area (Å²) in [6.07, 6.45) is 0. The predicted octanol–water partition coefficient (Wildman–Crippen LogP) is 5.19. The van der Waals surface area contributed by atoms with E-state index >= 15 is 0 Å². The van der Waals surface area contributed by atoms with Crippen molar-refractivity contribution >= 4 is 28.4 Å². The number of anilines is 1. The van der Waals surface area contributed by atoms with Gasteiger partial charge in [-0.3, -0.25) is 14.4 Å². The number of carbonyl (C=O) groups excluding carboxylic acids is 2. The zero-order chi connectivity index (χ0) is 29.6. The Labute approximate surface area is 233 Å². The summed E-state index contributed by atoms with van der Waals surface area (Å²) in [5.74, 6) is -3.53. The van der Waals surface area contributed by atoms with E-state index in [-0.39, 0.29) is 16.9 Å². The average molecular weight is 560 g/mol. The van der Waals surface area contributed by atoms with Gasteiger partial charge in [-0.05, 0) is 50.1 Å². The van der Waals surface area contributed by atoms with Crippen LogP contribution in [0.5, 0.6) is 0 Å². The molecule has 3 aromatic heterocycles. The van der Waals surface area contributed by atoms with E-state index in [1.54, 1.807) is 20.9 Å². The second kappa shape index (κ2) is 10.5. The maximum atomic E-state index is 14.2. The van der Waals surface area contributed by atoms with Crippen LogP contribution in [0.15, 0.2) is 57.8 Å². The van der Waals surface area contributed by atoms with Gasteiger partial charge in [-0.15, -0.1) is 0 Å². The molecule has 0 atom stereocenters. The minimum absolute atomic E-state index is 0.0879. The van der Waals surface area contributed by atoms with Crippen molar-refractivity contribution < 1.29 is 22.9 Å². The highest BCUT2D eigenvalue weighted by Crippen LogP contribution is 2.32. The highest BCUT2D eigenvalue weighted by molar-refractivity contribution is 6.12. The van der Waals surface area contributed by atoms with Crippen LogP contribution < -0.4 is 16.2 Å². The van der Waals surface area contributed by atoms with E-state index in [0.717, 1.165) is 34.3 Å². The Morgan fingerprint density at radius 2 is 1.68 bits per heavy atom. The third-order valence-corrected chi connectivity index (χ3v) is 6.89. The second-order valence-corrected chi connectivity index (χ2v) is 9.58. The Morgan fingerprint density at radius 1 is 1.00 bits per heavy atom. The zero-order valence-corrected chi connectivity index (χ0v) is 23.1. The molecule has 0 radical (unpaired) electrons. The first kappa shape index (κ1) is 27.5. The van der Waals surface area contributed by atoms with Crippen molar-refractivity contribution in [2.75, 3.05) is 12.4 Å². The van der Waals surface area contributed by atoms with E-state index in [4.69, 9.17) is 4.52 Å². The Morgan fingerprint density at radius 3 is 2.29 bits per heavy atom. The van der Waals surface area contributed by atoms with Crippen LogP contribution in [-0.2, 0) is 13.6 Å². The van der Waals surface area contributed by atoms with Gasteiger partial charge in [0.2, 0.25) is 0 Å². The summed E-state index contributed by atoms with van der Waals surface area (Å²) < 4.78 is 37.0. The first-order valence-electron chi connectivity index (χ1n) is 12.8. The first-order chi connectivity index (χ1) is 19.5. The number of benzene rings is 2. The molecule has 0 bridgehead atoms. The van der Waals surface area contributed by atoms with Crippen LogP contribution in [0, 0.1) is 25.5 Å². The summed E-state index contributed by atoms with van der Waals surface area (Å²) in [7, 11) is 2.85. The van der Waals surface area contributed by atoms with Gasteiger partial charge in [0.25, 0.3) is 17.4 Å². The Balaban J connectivity index is 1.57. The Hall–Kier alpha value is -5.06. The Bertz CT molecular complexity index is 1900. The van der Waals surface area contributed by atoms with E-state index in [1.807, 2.05) is 47.9 Å². The normalized spacial score (nSPS) is 11.2. The summed E-state index contributed by atoms with van der Waals surface area (Å²) >= 11 is 0. The predicted molar refractivity (Wildman–Crippen MR) is 151 cm³/mol. The van der Waals surface area contributed by atoms with Crippen molar-refractivity contribution in [2.24, 2.45) is 7.05 Å². The van der Waals surface area contributed by atoms with Crippen LogP contribution in [0.25, 0.3) is 33.3 Å². The highest BCUT2D eigenvalue weighted by Gasteiger charge is 2.22. The summed E-state index contributed by atoms with van der Waals surface area (Å²) in [6, 6.07) is 13.2. The summed E-state index contributed by atoms with van der Waals surface area (Å²) in [5.41, 5.74) is 3.28. The number of pyridine rings is 1. The van der Waals surface area contributed by atoms with Crippen LogP contribution >= 0.6 is 0 Å². The van der Waals surface area contributed by atoms with Crippen LogP contribution in [0.4, 0.5) is 14.5 Å². The molecular formula is C30H27F2N5O4. The lowest BCUT2D eigenvalue weighted by Crippen LogP contribution is -2.21. The Kier molecular flexibility index (Phi) is 7.04. The van der Waals surface area contributed by atoms with Crippen molar-refractivity contribution in [2.45, 2.75) is 27.3 Å². The molecule has 9 nitrogen and oxygen atoms in total. The number of aryl methyl sites for hydroxylation is 4. The van der Waals surface area contributed by atoms with Crippen LogP contribution in [-0.4, -0.2) is 33.2 Å². The average Bonchev–Trinajstić information content (AvgIpc) is 3.44. The van der Waals surface area contributed by atoms with Gasteiger partial charge < -0.3 is 19.7 Å². The van der Waals surface area contributed by atoms with Gasteiger partial charge in [0, 0.05) is 49.2 Å². The molecule has 0 aliphatic rings. The lowest BCUT2D eigenvalue weighted by Gasteiger charge is -2.13. The van der Waals surface area contributed by atoms with Gasteiger partial charge in [-0.1, -0.05) is 24.3 Å².